The Balaban J connectivity index is 2.01. The highest BCUT2D eigenvalue weighted by Gasteiger charge is 2.19. The van der Waals surface area contributed by atoms with E-state index in [1.165, 1.54) is 35.2 Å². The normalized spacial score (nSPS) is 11.0. The average Bonchev–Trinajstić information content (AvgIpc) is 3.07. The molecule has 0 radical (unpaired) electrons. The Morgan fingerprint density at radius 3 is 2.59 bits per heavy atom. The summed E-state index contributed by atoms with van der Waals surface area (Å²) in [5.74, 6) is 0. The van der Waals surface area contributed by atoms with Crippen molar-refractivity contribution in [2.75, 3.05) is 5.73 Å². The monoisotopic (exact) mass is 397 g/mol. The number of nitrogens with two attached hydrogens (primary N) is 1. The van der Waals surface area contributed by atoms with Crippen LogP contribution in [0.25, 0.3) is 22.0 Å². The number of fused-ring (bicyclic) bond motifs is 1. The lowest BCUT2D eigenvalue weighted by atomic mass is 10.0. The van der Waals surface area contributed by atoms with Crippen LogP contribution in [0.3, 0.4) is 0 Å². The second-order valence-electron chi connectivity index (χ2n) is 5.52. The standard InChI is InChI=1S/C17H11N5O3S2/c18-16-20-21-17(27-16)26-14-13(9-4-2-1-3-5-9)11-7-6-10(22(24)25)8-12(11)19-15(14)23/h1-8H,(H2,18,20)(H,19,23). The number of aromatic nitrogens is 3. The van der Waals surface area contributed by atoms with Gasteiger partial charge in [0.05, 0.1) is 15.3 Å². The summed E-state index contributed by atoms with van der Waals surface area (Å²) in [7, 11) is 0. The van der Waals surface area contributed by atoms with Crippen LogP contribution in [0, 0.1) is 10.1 Å². The van der Waals surface area contributed by atoms with E-state index in [-0.39, 0.29) is 11.2 Å². The minimum Gasteiger partial charge on any atom is -0.374 e. The number of nitrogen functional groups attached to an aromatic ring is 1. The van der Waals surface area contributed by atoms with Crippen LogP contribution >= 0.6 is 23.1 Å². The lowest BCUT2D eigenvalue weighted by Crippen LogP contribution is -2.10. The van der Waals surface area contributed by atoms with Crippen LogP contribution < -0.4 is 11.3 Å². The van der Waals surface area contributed by atoms with Crippen molar-refractivity contribution in [2.24, 2.45) is 0 Å². The molecule has 4 aromatic rings. The van der Waals surface area contributed by atoms with Gasteiger partial charge in [-0.15, -0.1) is 10.2 Å². The van der Waals surface area contributed by atoms with Crippen LogP contribution in [-0.4, -0.2) is 20.1 Å². The summed E-state index contributed by atoms with van der Waals surface area (Å²) >= 11 is 2.35. The topological polar surface area (TPSA) is 128 Å². The molecule has 8 nitrogen and oxygen atoms in total. The Kier molecular flexibility index (Phi) is 4.34. The second-order valence-corrected chi connectivity index (χ2v) is 7.79. The van der Waals surface area contributed by atoms with E-state index in [9.17, 15) is 14.9 Å². The third-order valence-electron chi connectivity index (χ3n) is 3.84. The van der Waals surface area contributed by atoms with Gasteiger partial charge in [0.1, 0.15) is 0 Å². The van der Waals surface area contributed by atoms with Crippen molar-refractivity contribution < 1.29 is 4.92 Å². The maximum Gasteiger partial charge on any atom is 0.271 e. The van der Waals surface area contributed by atoms with Crippen molar-refractivity contribution in [1.82, 2.24) is 15.2 Å². The zero-order valence-electron chi connectivity index (χ0n) is 13.6. The molecule has 0 aliphatic carbocycles. The number of pyridine rings is 1. The van der Waals surface area contributed by atoms with Gasteiger partial charge in [-0.3, -0.25) is 14.9 Å². The molecular formula is C17H11N5O3S2. The number of hydrogen-bond donors (Lipinski definition) is 2. The molecule has 0 saturated carbocycles. The molecule has 0 unspecified atom stereocenters. The summed E-state index contributed by atoms with van der Waals surface area (Å²) in [6.45, 7) is 0. The number of nitrogens with zero attached hydrogens (tertiary/aromatic N) is 3. The molecule has 0 bridgehead atoms. The molecule has 0 aliphatic rings. The van der Waals surface area contributed by atoms with Crippen LogP contribution in [0.1, 0.15) is 0 Å². The van der Waals surface area contributed by atoms with E-state index in [0.29, 0.717) is 30.8 Å². The fourth-order valence-corrected chi connectivity index (χ4v) is 4.46. The molecule has 0 atom stereocenters. The summed E-state index contributed by atoms with van der Waals surface area (Å²) in [6, 6.07) is 13.8. The van der Waals surface area contributed by atoms with Gasteiger partial charge in [0.2, 0.25) is 5.13 Å². The Hall–Kier alpha value is -3.24. The molecule has 0 amide bonds. The average molecular weight is 397 g/mol. The third kappa shape index (κ3) is 3.27. The summed E-state index contributed by atoms with van der Waals surface area (Å²) in [5, 5.41) is 19.8. The quantitative estimate of drug-likeness (QED) is 0.397. The summed E-state index contributed by atoms with van der Waals surface area (Å²) in [6.07, 6.45) is 0. The number of benzene rings is 2. The number of hydrogen-bond acceptors (Lipinski definition) is 8. The van der Waals surface area contributed by atoms with Crippen LogP contribution in [0.4, 0.5) is 10.8 Å². The molecule has 0 saturated heterocycles. The second kappa shape index (κ2) is 6.82. The third-order valence-corrected chi connectivity index (χ3v) is 5.74. The first kappa shape index (κ1) is 17.2. The van der Waals surface area contributed by atoms with Gasteiger partial charge >= 0.3 is 0 Å². The zero-order chi connectivity index (χ0) is 19.0. The number of nitro groups is 1. The fourth-order valence-electron chi connectivity index (χ4n) is 2.72. The van der Waals surface area contributed by atoms with Gasteiger partial charge in [0.25, 0.3) is 11.2 Å². The lowest BCUT2D eigenvalue weighted by Gasteiger charge is -2.11. The minimum absolute atomic E-state index is 0.0885. The van der Waals surface area contributed by atoms with Crippen molar-refractivity contribution in [1.29, 1.82) is 0 Å². The van der Waals surface area contributed by atoms with Crippen LogP contribution in [0.15, 0.2) is 62.6 Å². The lowest BCUT2D eigenvalue weighted by molar-refractivity contribution is -0.384. The number of H-pyrrole nitrogens is 1. The SMILES string of the molecule is Nc1nnc(Sc2c(-c3ccccc3)c3ccc([N+](=O)[O-])cc3[nH]c2=O)s1. The van der Waals surface area contributed by atoms with Crippen LogP contribution in [0.2, 0.25) is 0 Å². The highest BCUT2D eigenvalue weighted by molar-refractivity contribution is 8.01. The Morgan fingerprint density at radius 1 is 1.15 bits per heavy atom. The number of rotatable bonds is 4. The van der Waals surface area contributed by atoms with Crippen molar-refractivity contribution in [2.45, 2.75) is 9.24 Å². The predicted octanol–water partition coefficient (Wildman–Crippen LogP) is 3.69. The van der Waals surface area contributed by atoms with Gasteiger partial charge in [0.15, 0.2) is 4.34 Å². The Labute approximate surface area is 160 Å². The number of aromatic amines is 1. The van der Waals surface area contributed by atoms with Gasteiger partial charge in [-0.1, -0.05) is 53.4 Å². The van der Waals surface area contributed by atoms with E-state index >= 15 is 0 Å². The molecule has 0 spiro atoms. The number of nitrogens with one attached hydrogen (secondary N) is 1. The molecule has 0 fully saturated rings. The zero-order valence-corrected chi connectivity index (χ0v) is 15.2. The van der Waals surface area contributed by atoms with Crippen molar-refractivity contribution in [3.8, 4) is 11.1 Å². The highest BCUT2D eigenvalue weighted by Crippen LogP contribution is 2.39. The smallest absolute Gasteiger partial charge is 0.271 e. The maximum atomic E-state index is 12.8. The van der Waals surface area contributed by atoms with Crippen molar-refractivity contribution >= 4 is 44.8 Å². The van der Waals surface area contributed by atoms with Gasteiger partial charge in [-0.05, 0) is 11.6 Å². The maximum absolute atomic E-state index is 12.8. The first-order valence-electron chi connectivity index (χ1n) is 7.69. The van der Waals surface area contributed by atoms with Gasteiger partial charge in [-0.25, -0.2) is 0 Å². The Bertz CT molecular complexity index is 1220. The molecule has 0 aliphatic heterocycles. The van der Waals surface area contributed by atoms with Crippen molar-refractivity contribution in [3.63, 3.8) is 0 Å². The van der Waals surface area contributed by atoms with E-state index in [4.69, 9.17) is 5.73 Å². The molecule has 27 heavy (non-hydrogen) atoms. The largest absolute Gasteiger partial charge is 0.374 e. The minimum atomic E-state index is -0.493. The van der Waals surface area contributed by atoms with Crippen LogP contribution in [-0.2, 0) is 0 Å². The van der Waals surface area contributed by atoms with E-state index < -0.39 is 4.92 Å². The predicted molar refractivity (Wildman–Crippen MR) is 105 cm³/mol. The molecular weight excluding hydrogens is 386 g/mol. The van der Waals surface area contributed by atoms with E-state index in [1.807, 2.05) is 30.3 Å². The van der Waals surface area contributed by atoms with Gasteiger partial charge in [0, 0.05) is 23.1 Å². The first-order valence-corrected chi connectivity index (χ1v) is 9.33. The Morgan fingerprint density at radius 2 is 1.93 bits per heavy atom. The van der Waals surface area contributed by atoms with E-state index in [0.717, 1.165) is 5.56 Å². The van der Waals surface area contributed by atoms with Crippen molar-refractivity contribution in [3.05, 3.63) is 69.0 Å². The molecule has 2 heterocycles. The van der Waals surface area contributed by atoms with Gasteiger partial charge in [-0.2, -0.15) is 0 Å². The molecule has 4 rings (SSSR count). The first-order chi connectivity index (χ1) is 13.0. The molecule has 10 heteroatoms. The van der Waals surface area contributed by atoms with E-state index in [2.05, 4.69) is 15.2 Å². The molecule has 134 valence electrons. The highest BCUT2D eigenvalue weighted by atomic mass is 32.2. The van der Waals surface area contributed by atoms with Gasteiger partial charge < -0.3 is 10.7 Å². The summed E-state index contributed by atoms with van der Waals surface area (Å²) < 4.78 is 0.538. The number of anilines is 1. The van der Waals surface area contributed by atoms with Crippen LogP contribution in [0.5, 0.6) is 0 Å². The summed E-state index contributed by atoms with van der Waals surface area (Å²) in [5.41, 5.74) is 7.09. The molecule has 2 aromatic heterocycles. The summed E-state index contributed by atoms with van der Waals surface area (Å²) in [4.78, 5) is 26.5. The number of nitro benzene ring substituents is 1. The van der Waals surface area contributed by atoms with E-state index in [1.54, 1.807) is 6.07 Å². The molecule has 3 N–H and O–H groups in total. The number of non-ortho nitro benzene ring substituents is 1. The molecule has 2 aromatic carbocycles. The fraction of sp³-hybridized carbons (Fsp3) is 0.